The van der Waals surface area contributed by atoms with E-state index in [1.807, 2.05) is 27.7 Å². The predicted octanol–water partition coefficient (Wildman–Crippen LogP) is 1.24. The summed E-state index contributed by atoms with van der Waals surface area (Å²) in [5, 5.41) is 4.19. The van der Waals surface area contributed by atoms with E-state index >= 15 is 0 Å². The van der Waals surface area contributed by atoms with Crippen LogP contribution in [0.3, 0.4) is 0 Å². The highest BCUT2D eigenvalue weighted by Crippen LogP contribution is 2.18. The number of nitrogens with zero attached hydrogens (tertiary/aromatic N) is 4. The average Bonchev–Trinajstić information content (AvgIpc) is 2.89. The van der Waals surface area contributed by atoms with E-state index < -0.39 is 5.91 Å². The van der Waals surface area contributed by atoms with Crippen molar-refractivity contribution in [2.75, 3.05) is 7.05 Å². The molecule has 23 heavy (non-hydrogen) atoms. The molecule has 2 heterocycles. The summed E-state index contributed by atoms with van der Waals surface area (Å²) in [5.41, 5.74) is 8.74. The van der Waals surface area contributed by atoms with Crippen molar-refractivity contribution in [3.05, 3.63) is 28.7 Å². The number of carbonyl (C=O) groups is 2. The van der Waals surface area contributed by atoms with Crippen molar-refractivity contribution < 1.29 is 9.59 Å². The molecular formula is C16H23N5O2. The third-order valence-electron chi connectivity index (χ3n) is 4.23. The molecule has 124 valence electrons. The number of rotatable bonds is 5. The zero-order chi connectivity index (χ0) is 17.3. The van der Waals surface area contributed by atoms with Crippen LogP contribution in [0.4, 0.5) is 0 Å². The normalized spacial score (nSPS) is 11.2. The first-order chi connectivity index (χ1) is 10.7. The molecule has 0 radical (unpaired) electrons. The molecule has 0 atom stereocenters. The molecule has 0 aliphatic heterocycles. The molecule has 0 saturated carbocycles. The van der Waals surface area contributed by atoms with E-state index in [1.165, 1.54) is 6.20 Å². The number of primary amides is 1. The lowest BCUT2D eigenvalue weighted by molar-refractivity contribution is -0.131. The lowest BCUT2D eigenvalue weighted by Crippen LogP contribution is -2.33. The number of aromatic nitrogens is 3. The molecule has 0 aromatic carbocycles. The first kappa shape index (κ1) is 16.9. The second kappa shape index (κ2) is 6.36. The number of fused-ring (bicyclic) bond motifs is 1. The van der Waals surface area contributed by atoms with Gasteiger partial charge in [-0.05, 0) is 39.7 Å². The number of amides is 2. The van der Waals surface area contributed by atoms with Gasteiger partial charge >= 0.3 is 0 Å². The number of hydrogen-bond acceptors (Lipinski definition) is 4. The Hall–Kier alpha value is -2.44. The SMILES string of the molecule is Cc1nc2c(C(N)=O)cnn2c(C)c1CCC(=O)N(C)C(C)C. The Morgan fingerprint density at radius 3 is 2.57 bits per heavy atom. The topological polar surface area (TPSA) is 93.6 Å². The van der Waals surface area contributed by atoms with E-state index in [0.29, 0.717) is 24.1 Å². The predicted molar refractivity (Wildman–Crippen MR) is 87.2 cm³/mol. The van der Waals surface area contributed by atoms with E-state index in [9.17, 15) is 9.59 Å². The first-order valence-corrected chi connectivity index (χ1v) is 7.63. The highest BCUT2D eigenvalue weighted by molar-refractivity contribution is 5.98. The lowest BCUT2D eigenvalue weighted by atomic mass is 10.1. The fourth-order valence-corrected chi connectivity index (χ4v) is 2.54. The van der Waals surface area contributed by atoms with Crippen LogP contribution in [0.1, 0.15) is 47.6 Å². The smallest absolute Gasteiger partial charge is 0.254 e. The molecular weight excluding hydrogens is 294 g/mol. The summed E-state index contributed by atoms with van der Waals surface area (Å²) in [6, 6.07) is 0.175. The molecule has 2 amide bonds. The second-order valence-electron chi connectivity index (χ2n) is 6.02. The van der Waals surface area contributed by atoms with Crippen molar-refractivity contribution in [2.45, 2.75) is 46.6 Å². The molecule has 0 bridgehead atoms. The van der Waals surface area contributed by atoms with E-state index in [4.69, 9.17) is 5.73 Å². The minimum Gasteiger partial charge on any atom is -0.365 e. The van der Waals surface area contributed by atoms with Crippen LogP contribution in [0, 0.1) is 13.8 Å². The van der Waals surface area contributed by atoms with Crippen molar-refractivity contribution >= 4 is 17.5 Å². The Morgan fingerprint density at radius 1 is 1.35 bits per heavy atom. The van der Waals surface area contributed by atoms with Crippen LogP contribution in [0.25, 0.3) is 5.65 Å². The zero-order valence-corrected chi connectivity index (χ0v) is 14.3. The van der Waals surface area contributed by atoms with Gasteiger partial charge < -0.3 is 10.6 Å². The standard InChI is InChI=1S/C16H23N5O2/c1-9(2)20(5)14(22)7-6-12-10(3)19-16-13(15(17)23)8-18-21(16)11(12)4/h8-9H,6-7H2,1-5H3,(H2,17,23). The van der Waals surface area contributed by atoms with Crippen molar-refractivity contribution in [3.8, 4) is 0 Å². The number of nitrogens with two attached hydrogens (primary N) is 1. The number of hydrogen-bond donors (Lipinski definition) is 1. The Balaban J connectivity index is 2.32. The molecule has 0 unspecified atom stereocenters. The van der Waals surface area contributed by atoms with Gasteiger partial charge in [0.1, 0.15) is 5.56 Å². The van der Waals surface area contributed by atoms with Gasteiger partial charge in [-0.3, -0.25) is 9.59 Å². The van der Waals surface area contributed by atoms with Crippen LogP contribution in [-0.4, -0.2) is 44.4 Å². The minimum atomic E-state index is -0.548. The van der Waals surface area contributed by atoms with Crippen LogP contribution in [0.15, 0.2) is 6.20 Å². The van der Waals surface area contributed by atoms with E-state index in [0.717, 1.165) is 17.0 Å². The number of carbonyl (C=O) groups excluding carboxylic acids is 2. The van der Waals surface area contributed by atoms with Crippen molar-refractivity contribution in [2.24, 2.45) is 5.73 Å². The van der Waals surface area contributed by atoms with Gasteiger partial charge in [-0.25, -0.2) is 9.50 Å². The molecule has 0 fully saturated rings. The van der Waals surface area contributed by atoms with Crippen LogP contribution in [0.5, 0.6) is 0 Å². The summed E-state index contributed by atoms with van der Waals surface area (Å²) in [5.74, 6) is -0.454. The lowest BCUT2D eigenvalue weighted by Gasteiger charge is -2.21. The Kier molecular flexibility index (Phi) is 4.68. The highest BCUT2D eigenvalue weighted by atomic mass is 16.2. The van der Waals surface area contributed by atoms with Crippen LogP contribution < -0.4 is 5.73 Å². The fraction of sp³-hybridized carbons (Fsp3) is 0.500. The van der Waals surface area contributed by atoms with Gasteiger partial charge in [-0.2, -0.15) is 5.10 Å². The van der Waals surface area contributed by atoms with Gasteiger partial charge in [0.2, 0.25) is 5.91 Å². The van der Waals surface area contributed by atoms with Crippen molar-refractivity contribution in [1.29, 1.82) is 0 Å². The van der Waals surface area contributed by atoms with Gasteiger partial charge in [0.05, 0.1) is 6.20 Å². The minimum absolute atomic E-state index is 0.0946. The van der Waals surface area contributed by atoms with Crippen LogP contribution in [-0.2, 0) is 11.2 Å². The Morgan fingerprint density at radius 2 is 2.00 bits per heavy atom. The highest BCUT2D eigenvalue weighted by Gasteiger charge is 2.18. The quantitative estimate of drug-likeness (QED) is 0.898. The van der Waals surface area contributed by atoms with Gasteiger partial charge in [0.25, 0.3) is 5.91 Å². The molecule has 0 aliphatic carbocycles. The summed E-state index contributed by atoms with van der Waals surface area (Å²) < 4.78 is 1.61. The molecule has 7 nitrogen and oxygen atoms in total. The molecule has 2 aromatic heterocycles. The second-order valence-corrected chi connectivity index (χ2v) is 6.02. The monoisotopic (exact) mass is 317 g/mol. The zero-order valence-electron chi connectivity index (χ0n) is 14.3. The largest absolute Gasteiger partial charge is 0.365 e. The van der Waals surface area contributed by atoms with Gasteiger partial charge in [-0.1, -0.05) is 0 Å². The van der Waals surface area contributed by atoms with Crippen molar-refractivity contribution in [3.63, 3.8) is 0 Å². The molecule has 0 aliphatic rings. The number of aryl methyl sites for hydroxylation is 2. The first-order valence-electron chi connectivity index (χ1n) is 7.63. The summed E-state index contributed by atoms with van der Waals surface area (Å²) in [4.78, 5) is 29.8. The third-order valence-corrected chi connectivity index (χ3v) is 4.23. The summed E-state index contributed by atoms with van der Waals surface area (Å²) in [7, 11) is 1.81. The van der Waals surface area contributed by atoms with Crippen LogP contribution >= 0.6 is 0 Å². The van der Waals surface area contributed by atoms with Gasteiger partial charge in [0, 0.05) is 30.9 Å². The maximum Gasteiger partial charge on any atom is 0.254 e. The molecule has 2 rings (SSSR count). The molecule has 7 heteroatoms. The maximum atomic E-state index is 12.2. The maximum absolute atomic E-state index is 12.2. The van der Waals surface area contributed by atoms with Gasteiger partial charge in [-0.15, -0.1) is 0 Å². The molecule has 0 saturated heterocycles. The van der Waals surface area contributed by atoms with Crippen LogP contribution in [0.2, 0.25) is 0 Å². The van der Waals surface area contributed by atoms with Crippen molar-refractivity contribution in [1.82, 2.24) is 19.5 Å². The van der Waals surface area contributed by atoms with Gasteiger partial charge in [0.15, 0.2) is 5.65 Å². The van der Waals surface area contributed by atoms with E-state index in [-0.39, 0.29) is 11.9 Å². The fourth-order valence-electron chi connectivity index (χ4n) is 2.54. The summed E-state index contributed by atoms with van der Waals surface area (Å²) >= 11 is 0. The Bertz CT molecular complexity index is 763. The summed E-state index contributed by atoms with van der Waals surface area (Å²) in [6.07, 6.45) is 2.42. The molecule has 2 N–H and O–H groups in total. The summed E-state index contributed by atoms with van der Waals surface area (Å²) in [6.45, 7) is 7.75. The third kappa shape index (κ3) is 3.18. The molecule has 2 aromatic rings. The van der Waals surface area contributed by atoms with E-state index in [2.05, 4.69) is 10.1 Å². The average molecular weight is 317 g/mol. The molecule has 0 spiro atoms. The van der Waals surface area contributed by atoms with E-state index in [1.54, 1.807) is 16.5 Å². The Labute approximate surface area is 135 Å².